The number of halogens is 4. The van der Waals surface area contributed by atoms with Crippen LogP contribution in [0.15, 0.2) is 12.1 Å². The summed E-state index contributed by atoms with van der Waals surface area (Å²) in [6.45, 7) is 1.47. The Bertz CT molecular complexity index is 520. The highest BCUT2D eigenvalue weighted by Crippen LogP contribution is 2.31. The third kappa shape index (κ3) is 5.43. The van der Waals surface area contributed by atoms with Crippen molar-refractivity contribution in [2.24, 2.45) is 0 Å². The molecule has 21 heavy (non-hydrogen) atoms. The van der Waals surface area contributed by atoms with E-state index in [1.165, 1.54) is 20.1 Å². The van der Waals surface area contributed by atoms with E-state index < -0.39 is 24.8 Å². The maximum Gasteiger partial charge on any atom is 0.411 e. The maximum absolute atomic E-state index is 12.0. The van der Waals surface area contributed by atoms with Crippen LogP contribution in [0.1, 0.15) is 12.5 Å². The molecule has 0 bridgehead atoms. The minimum Gasteiger partial charge on any atom is -0.495 e. The fourth-order valence-corrected chi connectivity index (χ4v) is 1.61. The van der Waals surface area contributed by atoms with Crippen molar-refractivity contribution < 1.29 is 27.4 Å². The van der Waals surface area contributed by atoms with Gasteiger partial charge < -0.3 is 14.8 Å². The van der Waals surface area contributed by atoms with Crippen molar-refractivity contribution in [3.05, 3.63) is 22.7 Å². The first kappa shape index (κ1) is 17.6. The first-order valence-corrected chi connectivity index (χ1v) is 6.35. The Hall–Kier alpha value is -1.47. The molecule has 1 aromatic rings. The number of carbonyl (C=O) groups excluding carboxylic acids is 1. The van der Waals surface area contributed by atoms with Gasteiger partial charge in [-0.05, 0) is 25.5 Å². The van der Waals surface area contributed by atoms with Gasteiger partial charge in [0.1, 0.15) is 18.5 Å². The second-order valence-corrected chi connectivity index (χ2v) is 4.77. The Balaban J connectivity index is 2.76. The van der Waals surface area contributed by atoms with E-state index in [0.29, 0.717) is 22.0 Å². The second-order valence-electron chi connectivity index (χ2n) is 4.36. The molecule has 118 valence electrons. The Kier molecular flexibility index (Phi) is 5.86. The van der Waals surface area contributed by atoms with Gasteiger partial charge in [0.05, 0.1) is 12.8 Å². The molecule has 1 rings (SSSR count). The van der Waals surface area contributed by atoms with E-state index in [9.17, 15) is 18.0 Å². The van der Waals surface area contributed by atoms with Crippen molar-refractivity contribution >= 4 is 23.2 Å². The molecular formula is C13H15ClF3NO3. The lowest BCUT2D eigenvalue weighted by atomic mass is 10.2. The van der Waals surface area contributed by atoms with Crippen molar-refractivity contribution in [2.75, 3.05) is 19.0 Å². The number of amides is 1. The van der Waals surface area contributed by atoms with Crippen LogP contribution in [0.3, 0.4) is 0 Å². The van der Waals surface area contributed by atoms with Gasteiger partial charge in [-0.25, -0.2) is 0 Å². The quantitative estimate of drug-likeness (QED) is 0.900. The molecule has 1 atom stereocenters. The molecule has 0 saturated carbocycles. The zero-order valence-electron chi connectivity index (χ0n) is 11.7. The second kappa shape index (κ2) is 7.00. The first-order valence-electron chi connectivity index (χ1n) is 5.97. The van der Waals surface area contributed by atoms with Crippen LogP contribution in [0.2, 0.25) is 5.02 Å². The third-order valence-electron chi connectivity index (χ3n) is 2.60. The lowest BCUT2D eigenvalue weighted by Gasteiger charge is -2.16. The van der Waals surface area contributed by atoms with Gasteiger partial charge in [0.2, 0.25) is 0 Å². The predicted octanol–water partition coefficient (Wildman–Crippen LogP) is 3.56. The molecular weight excluding hydrogens is 311 g/mol. The van der Waals surface area contributed by atoms with E-state index >= 15 is 0 Å². The number of benzene rings is 1. The minimum atomic E-state index is -4.48. The van der Waals surface area contributed by atoms with Gasteiger partial charge in [-0.1, -0.05) is 11.6 Å². The van der Waals surface area contributed by atoms with Crippen molar-refractivity contribution in [1.82, 2.24) is 0 Å². The van der Waals surface area contributed by atoms with Crippen LogP contribution in [0.5, 0.6) is 5.75 Å². The number of hydrogen-bond acceptors (Lipinski definition) is 3. The highest BCUT2D eigenvalue weighted by atomic mass is 35.5. The molecule has 8 heteroatoms. The molecule has 0 heterocycles. The summed E-state index contributed by atoms with van der Waals surface area (Å²) in [6, 6.07) is 3.07. The zero-order chi connectivity index (χ0) is 16.2. The van der Waals surface area contributed by atoms with Gasteiger partial charge in [-0.2, -0.15) is 13.2 Å². The number of methoxy groups -OCH3 is 1. The number of rotatable bonds is 5. The van der Waals surface area contributed by atoms with Crippen molar-refractivity contribution in [3.8, 4) is 5.75 Å². The standard InChI is InChI=1S/C13H15ClF3NO3/c1-7-4-10(11(20-3)5-9(7)14)18-12(19)8(2)21-6-13(15,16)17/h4-5,8H,6H2,1-3H3,(H,18,19). The van der Waals surface area contributed by atoms with E-state index in [2.05, 4.69) is 10.1 Å². The topological polar surface area (TPSA) is 47.6 Å². The molecule has 1 aromatic carbocycles. The number of aryl methyl sites for hydroxylation is 1. The summed E-state index contributed by atoms with van der Waals surface area (Å²) in [5, 5.41) is 2.90. The van der Waals surface area contributed by atoms with E-state index in [0.717, 1.165) is 0 Å². The van der Waals surface area contributed by atoms with Gasteiger partial charge in [-0.3, -0.25) is 4.79 Å². The highest BCUT2D eigenvalue weighted by Gasteiger charge is 2.30. The summed E-state index contributed by atoms with van der Waals surface area (Å²) >= 11 is 5.92. The van der Waals surface area contributed by atoms with Crippen LogP contribution in [0, 0.1) is 6.92 Å². The molecule has 1 N–H and O–H groups in total. The molecule has 1 amide bonds. The average Bonchev–Trinajstić information content (AvgIpc) is 2.38. The van der Waals surface area contributed by atoms with Crippen LogP contribution in [0.4, 0.5) is 18.9 Å². The molecule has 0 aromatic heterocycles. The van der Waals surface area contributed by atoms with E-state index in [1.807, 2.05) is 0 Å². The van der Waals surface area contributed by atoms with Crippen LogP contribution in [-0.4, -0.2) is 31.9 Å². The van der Waals surface area contributed by atoms with E-state index in [-0.39, 0.29) is 0 Å². The Morgan fingerprint density at radius 1 is 1.43 bits per heavy atom. The Morgan fingerprint density at radius 2 is 2.05 bits per heavy atom. The lowest BCUT2D eigenvalue weighted by Crippen LogP contribution is -2.31. The van der Waals surface area contributed by atoms with Crippen LogP contribution >= 0.6 is 11.6 Å². The summed E-state index contributed by atoms with van der Waals surface area (Å²) in [6.07, 6.45) is -5.74. The summed E-state index contributed by atoms with van der Waals surface area (Å²) in [7, 11) is 1.39. The number of nitrogens with one attached hydrogen (secondary N) is 1. The fraction of sp³-hybridized carbons (Fsp3) is 0.462. The molecule has 0 aliphatic rings. The number of carbonyl (C=O) groups is 1. The summed E-state index contributed by atoms with van der Waals surface area (Å²) < 4.78 is 45.6. The highest BCUT2D eigenvalue weighted by molar-refractivity contribution is 6.31. The number of alkyl halides is 3. The predicted molar refractivity (Wildman–Crippen MR) is 72.8 cm³/mol. The molecule has 0 aliphatic heterocycles. The molecule has 0 saturated heterocycles. The number of hydrogen-bond donors (Lipinski definition) is 1. The van der Waals surface area contributed by atoms with Gasteiger partial charge in [0.15, 0.2) is 0 Å². The molecule has 1 unspecified atom stereocenters. The van der Waals surface area contributed by atoms with Crippen LogP contribution in [-0.2, 0) is 9.53 Å². The van der Waals surface area contributed by atoms with Gasteiger partial charge in [0, 0.05) is 11.1 Å². The Labute approximate surface area is 125 Å². The SMILES string of the molecule is COc1cc(Cl)c(C)cc1NC(=O)C(C)OCC(F)(F)F. The molecule has 0 fully saturated rings. The van der Waals surface area contributed by atoms with E-state index in [1.54, 1.807) is 13.0 Å². The summed E-state index contributed by atoms with van der Waals surface area (Å²) in [4.78, 5) is 11.8. The molecule has 0 spiro atoms. The largest absolute Gasteiger partial charge is 0.495 e. The zero-order valence-corrected chi connectivity index (χ0v) is 12.4. The van der Waals surface area contributed by atoms with Crippen molar-refractivity contribution in [2.45, 2.75) is 26.1 Å². The Morgan fingerprint density at radius 3 is 2.57 bits per heavy atom. The monoisotopic (exact) mass is 325 g/mol. The maximum atomic E-state index is 12.0. The van der Waals surface area contributed by atoms with Gasteiger partial charge in [0.25, 0.3) is 5.91 Å². The normalized spacial score (nSPS) is 12.9. The summed E-state index contributed by atoms with van der Waals surface area (Å²) in [5.74, 6) is -0.402. The van der Waals surface area contributed by atoms with Crippen LogP contribution in [0.25, 0.3) is 0 Å². The summed E-state index contributed by atoms with van der Waals surface area (Å²) in [5.41, 5.74) is 1.00. The fourth-order valence-electron chi connectivity index (χ4n) is 1.46. The molecule has 0 aliphatic carbocycles. The van der Waals surface area contributed by atoms with Gasteiger partial charge >= 0.3 is 6.18 Å². The molecule has 0 radical (unpaired) electrons. The number of ether oxygens (including phenoxy) is 2. The van der Waals surface area contributed by atoms with E-state index in [4.69, 9.17) is 16.3 Å². The lowest BCUT2D eigenvalue weighted by molar-refractivity contribution is -0.184. The van der Waals surface area contributed by atoms with Crippen molar-refractivity contribution in [1.29, 1.82) is 0 Å². The smallest absolute Gasteiger partial charge is 0.411 e. The van der Waals surface area contributed by atoms with Crippen LogP contribution < -0.4 is 10.1 Å². The average molecular weight is 326 g/mol. The third-order valence-corrected chi connectivity index (χ3v) is 3.01. The molecule has 4 nitrogen and oxygen atoms in total. The van der Waals surface area contributed by atoms with Gasteiger partial charge in [-0.15, -0.1) is 0 Å². The number of anilines is 1. The van der Waals surface area contributed by atoms with Crippen molar-refractivity contribution in [3.63, 3.8) is 0 Å². The first-order chi connectivity index (χ1) is 9.64. The minimum absolute atomic E-state index is 0.307.